The largest absolute Gasteiger partial charge is 0.374 e. The molecule has 2 N–H and O–H groups in total. The molecule has 0 spiro atoms. The minimum absolute atomic E-state index is 0.315. The standard InChI is InChI=1S/C8H13N3S/c1-4-7-5(2)10-11(6(7)3)8(9)12/h4H2,1-3H3,(H2,9,12). The maximum absolute atomic E-state index is 5.48. The number of nitrogens with two attached hydrogens (primary N) is 1. The van der Waals surface area contributed by atoms with Gasteiger partial charge in [-0.15, -0.1) is 0 Å². The van der Waals surface area contributed by atoms with E-state index in [1.165, 1.54) is 5.56 Å². The Labute approximate surface area is 77.6 Å². The molecular formula is C8H13N3S. The molecule has 0 aliphatic rings. The molecule has 12 heavy (non-hydrogen) atoms. The third-order valence-electron chi connectivity index (χ3n) is 2.00. The van der Waals surface area contributed by atoms with Gasteiger partial charge in [-0.2, -0.15) is 5.10 Å². The number of thiocarbonyl (C=S) groups is 1. The third-order valence-corrected chi connectivity index (χ3v) is 2.18. The Morgan fingerprint density at radius 1 is 1.58 bits per heavy atom. The molecule has 0 atom stereocenters. The van der Waals surface area contributed by atoms with Crippen molar-refractivity contribution in [1.82, 2.24) is 9.78 Å². The van der Waals surface area contributed by atoms with Crippen LogP contribution in [0.1, 0.15) is 23.9 Å². The predicted octanol–water partition coefficient (Wildman–Crippen LogP) is 1.15. The molecule has 0 aliphatic carbocycles. The van der Waals surface area contributed by atoms with Gasteiger partial charge in [0, 0.05) is 5.69 Å². The van der Waals surface area contributed by atoms with E-state index in [0.29, 0.717) is 5.11 Å². The molecule has 0 amide bonds. The lowest BCUT2D eigenvalue weighted by atomic mass is 10.1. The first-order valence-electron chi connectivity index (χ1n) is 3.92. The van der Waals surface area contributed by atoms with Crippen LogP contribution in [0, 0.1) is 13.8 Å². The zero-order valence-corrected chi connectivity index (χ0v) is 8.40. The molecule has 1 rings (SSSR count). The number of rotatable bonds is 1. The van der Waals surface area contributed by atoms with Crippen LogP contribution in [0.15, 0.2) is 0 Å². The normalized spacial score (nSPS) is 10.2. The van der Waals surface area contributed by atoms with Crippen LogP contribution in [-0.4, -0.2) is 14.9 Å². The van der Waals surface area contributed by atoms with Gasteiger partial charge in [-0.3, -0.25) is 0 Å². The van der Waals surface area contributed by atoms with Gasteiger partial charge in [0.2, 0.25) is 0 Å². The van der Waals surface area contributed by atoms with Crippen LogP contribution >= 0.6 is 12.2 Å². The zero-order valence-electron chi connectivity index (χ0n) is 7.59. The summed E-state index contributed by atoms with van der Waals surface area (Å²) in [7, 11) is 0. The van der Waals surface area contributed by atoms with Crippen LogP contribution < -0.4 is 5.73 Å². The highest BCUT2D eigenvalue weighted by molar-refractivity contribution is 7.80. The maximum Gasteiger partial charge on any atom is 0.191 e. The minimum atomic E-state index is 0.315. The van der Waals surface area contributed by atoms with E-state index in [9.17, 15) is 0 Å². The lowest BCUT2D eigenvalue weighted by molar-refractivity contribution is 0.885. The quantitative estimate of drug-likeness (QED) is 0.664. The first-order chi connectivity index (χ1) is 5.57. The Morgan fingerprint density at radius 2 is 2.17 bits per heavy atom. The number of aromatic nitrogens is 2. The van der Waals surface area contributed by atoms with E-state index in [0.717, 1.165) is 17.8 Å². The lowest BCUT2D eigenvalue weighted by Crippen LogP contribution is -2.21. The first-order valence-corrected chi connectivity index (χ1v) is 4.33. The summed E-state index contributed by atoms with van der Waals surface area (Å²) < 4.78 is 1.61. The van der Waals surface area contributed by atoms with Crippen molar-refractivity contribution in [3.63, 3.8) is 0 Å². The van der Waals surface area contributed by atoms with Gasteiger partial charge in [-0.05, 0) is 38.0 Å². The molecule has 0 saturated carbocycles. The number of aryl methyl sites for hydroxylation is 1. The SMILES string of the molecule is CCc1c(C)nn(C(N)=S)c1C. The smallest absolute Gasteiger partial charge is 0.191 e. The van der Waals surface area contributed by atoms with Crippen LogP contribution in [0.5, 0.6) is 0 Å². The molecule has 0 saturated heterocycles. The summed E-state index contributed by atoms with van der Waals surface area (Å²) in [6.45, 7) is 6.06. The Kier molecular flexibility index (Phi) is 2.47. The molecule has 1 aromatic heterocycles. The fourth-order valence-electron chi connectivity index (χ4n) is 1.40. The summed E-state index contributed by atoms with van der Waals surface area (Å²) in [6.07, 6.45) is 0.972. The zero-order chi connectivity index (χ0) is 9.30. The van der Waals surface area contributed by atoms with E-state index < -0.39 is 0 Å². The lowest BCUT2D eigenvalue weighted by Gasteiger charge is -1.99. The van der Waals surface area contributed by atoms with E-state index >= 15 is 0 Å². The highest BCUT2D eigenvalue weighted by Crippen LogP contribution is 2.12. The average molecular weight is 183 g/mol. The fraction of sp³-hybridized carbons (Fsp3) is 0.500. The van der Waals surface area contributed by atoms with Gasteiger partial charge in [-0.25, -0.2) is 4.68 Å². The van der Waals surface area contributed by atoms with E-state index in [1.54, 1.807) is 4.68 Å². The number of nitrogens with zero attached hydrogens (tertiary/aromatic N) is 2. The molecule has 0 aromatic carbocycles. The summed E-state index contributed by atoms with van der Waals surface area (Å²) in [5.41, 5.74) is 8.80. The van der Waals surface area contributed by atoms with Crippen LogP contribution in [0.3, 0.4) is 0 Å². The molecule has 3 nitrogen and oxygen atoms in total. The van der Waals surface area contributed by atoms with Crippen molar-refractivity contribution in [3.8, 4) is 0 Å². The molecule has 4 heteroatoms. The highest BCUT2D eigenvalue weighted by Gasteiger charge is 2.10. The molecule has 0 aliphatic heterocycles. The topological polar surface area (TPSA) is 43.8 Å². The molecule has 1 aromatic rings. The summed E-state index contributed by atoms with van der Waals surface area (Å²) in [6, 6.07) is 0. The molecule has 0 fully saturated rings. The average Bonchev–Trinajstić information content (AvgIpc) is 2.27. The molecular weight excluding hydrogens is 170 g/mol. The Morgan fingerprint density at radius 3 is 2.42 bits per heavy atom. The maximum atomic E-state index is 5.48. The van der Waals surface area contributed by atoms with Gasteiger partial charge in [0.15, 0.2) is 5.11 Å². The van der Waals surface area contributed by atoms with Crippen molar-refractivity contribution in [2.24, 2.45) is 5.73 Å². The first kappa shape index (κ1) is 9.19. The molecule has 0 radical (unpaired) electrons. The second kappa shape index (κ2) is 3.23. The van der Waals surface area contributed by atoms with Crippen molar-refractivity contribution in [3.05, 3.63) is 17.0 Å². The monoisotopic (exact) mass is 183 g/mol. The van der Waals surface area contributed by atoms with Crippen molar-refractivity contribution >= 4 is 17.3 Å². The summed E-state index contributed by atoms with van der Waals surface area (Å²) in [4.78, 5) is 0. The molecule has 0 unspecified atom stereocenters. The summed E-state index contributed by atoms with van der Waals surface area (Å²) in [5.74, 6) is 0. The van der Waals surface area contributed by atoms with Gasteiger partial charge >= 0.3 is 0 Å². The van der Waals surface area contributed by atoms with E-state index in [4.69, 9.17) is 18.0 Å². The Balaban J connectivity index is 3.26. The van der Waals surface area contributed by atoms with Gasteiger partial charge in [0.05, 0.1) is 5.69 Å². The Bertz CT molecular complexity index is 314. The molecule has 0 bridgehead atoms. The van der Waals surface area contributed by atoms with Crippen molar-refractivity contribution in [2.45, 2.75) is 27.2 Å². The predicted molar refractivity (Wildman–Crippen MR) is 53.3 cm³/mol. The van der Waals surface area contributed by atoms with Crippen LogP contribution in [0.2, 0.25) is 0 Å². The Hall–Kier alpha value is -0.900. The summed E-state index contributed by atoms with van der Waals surface area (Å²) >= 11 is 4.85. The molecule has 66 valence electrons. The van der Waals surface area contributed by atoms with E-state index in [1.807, 2.05) is 13.8 Å². The summed E-state index contributed by atoms with van der Waals surface area (Å²) in [5, 5.41) is 4.55. The van der Waals surface area contributed by atoms with Gasteiger partial charge in [0.25, 0.3) is 0 Å². The highest BCUT2D eigenvalue weighted by atomic mass is 32.1. The van der Waals surface area contributed by atoms with E-state index in [2.05, 4.69) is 12.0 Å². The van der Waals surface area contributed by atoms with Gasteiger partial charge in [-0.1, -0.05) is 6.92 Å². The van der Waals surface area contributed by atoms with Crippen LogP contribution in [-0.2, 0) is 6.42 Å². The van der Waals surface area contributed by atoms with Gasteiger partial charge < -0.3 is 5.73 Å². The van der Waals surface area contributed by atoms with Crippen molar-refractivity contribution in [2.75, 3.05) is 0 Å². The van der Waals surface area contributed by atoms with Crippen molar-refractivity contribution in [1.29, 1.82) is 0 Å². The van der Waals surface area contributed by atoms with E-state index in [-0.39, 0.29) is 0 Å². The second-order valence-corrected chi connectivity index (χ2v) is 3.17. The third kappa shape index (κ3) is 1.34. The number of hydrogen-bond donors (Lipinski definition) is 1. The van der Waals surface area contributed by atoms with Crippen LogP contribution in [0.4, 0.5) is 0 Å². The molecule has 1 heterocycles. The fourth-order valence-corrected chi connectivity index (χ4v) is 1.58. The van der Waals surface area contributed by atoms with Gasteiger partial charge in [0.1, 0.15) is 0 Å². The minimum Gasteiger partial charge on any atom is -0.374 e. The van der Waals surface area contributed by atoms with Crippen LogP contribution in [0.25, 0.3) is 0 Å². The van der Waals surface area contributed by atoms with Crippen molar-refractivity contribution < 1.29 is 0 Å². The second-order valence-electron chi connectivity index (χ2n) is 2.75. The number of hydrogen-bond acceptors (Lipinski definition) is 2.